The van der Waals surface area contributed by atoms with Crippen molar-refractivity contribution in [3.63, 3.8) is 0 Å². The minimum absolute atomic E-state index is 0.891. The Balaban J connectivity index is 0.000000152. The van der Waals surface area contributed by atoms with E-state index in [-0.39, 0.29) is 0 Å². The zero-order valence-electron chi connectivity index (χ0n) is 80.0. The Kier molecular flexibility index (Phi) is 24.0. The number of benzene rings is 24. The van der Waals surface area contributed by atoms with E-state index in [0.717, 1.165) is 124 Å². The summed E-state index contributed by atoms with van der Waals surface area (Å²) in [6, 6.07) is 211. The normalized spacial score (nSPS) is 11.3. The molecule has 688 valence electrons. The van der Waals surface area contributed by atoms with Crippen LogP contribution in [-0.2, 0) is 0 Å². The lowest BCUT2D eigenvalue weighted by atomic mass is 9.96. The first-order valence-corrected chi connectivity index (χ1v) is 50.6. The van der Waals surface area contributed by atoms with Gasteiger partial charge in [0.2, 0.25) is 0 Å². The highest BCUT2D eigenvalue weighted by Gasteiger charge is 2.26. The van der Waals surface area contributed by atoms with Gasteiger partial charge in [0.25, 0.3) is 0 Å². The summed E-state index contributed by atoms with van der Waals surface area (Å²) in [4.78, 5) is 9.63. The molecule has 0 unspecified atom stereocenters. The number of hydrogen-bond donors (Lipinski definition) is 0. The van der Waals surface area contributed by atoms with Gasteiger partial charge in [-0.15, -0.1) is 11.3 Å². The van der Waals surface area contributed by atoms with Crippen LogP contribution in [0.25, 0.3) is 175 Å². The Hall–Kier alpha value is -19.0. The Morgan fingerprint density at radius 3 is 0.705 bits per heavy atom. The average Bonchev–Trinajstić information content (AvgIpc) is 1.09. The van der Waals surface area contributed by atoms with Crippen molar-refractivity contribution in [2.24, 2.45) is 0 Å². The van der Waals surface area contributed by atoms with Gasteiger partial charge in [0.1, 0.15) is 11.2 Å². The first-order chi connectivity index (χ1) is 72.4. The van der Waals surface area contributed by atoms with Gasteiger partial charge in [0.05, 0.1) is 0 Å². The number of thiophene rings is 1. The van der Waals surface area contributed by atoms with Crippen LogP contribution in [0, 0.1) is 0 Å². The predicted molar refractivity (Wildman–Crippen MR) is 621 cm³/mol. The molecular formula is C140H96N4OS. The molecule has 0 fully saturated rings. The molecule has 0 aliphatic rings. The molecule has 0 N–H and O–H groups in total. The van der Waals surface area contributed by atoms with Crippen LogP contribution in [0.1, 0.15) is 0 Å². The van der Waals surface area contributed by atoms with Crippen molar-refractivity contribution >= 4 is 143 Å². The van der Waals surface area contributed by atoms with Crippen LogP contribution in [0.2, 0.25) is 0 Å². The zero-order valence-corrected chi connectivity index (χ0v) is 80.8. The quantitative estimate of drug-likeness (QED) is 0.0674. The second-order valence-electron chi connectivity index (χ2n) is 37.0. The molecule has 0 aliphatic heterocycles. The summed E-state index contributed by atoms with van der Waals surface area (Å²) >= 11 is 1.87. The first-order valence-electron chi connectivity index (χ1n) is 49.8. The number of furan rings is 1. The maximum absolute atomic E-state index is 6.54. The van der Waals surface area contributed by atoms with Crippen molar-refractivity contribution in [2.45, 2.75) is 0 Å². The van der Waals surface area contributed by atoms with Gasteiger partial charge in [-0.25, -0.2) is 0 Å². The highest BCUT2D eigenvalue weighted by atomic mass is 32.1. The van der Waals surface area contributed by atoms with Crippen molar-refractivity contribution in [2.75, 3.05) is 19.6 Å². The van der Waals surface area contributed by atoms with Crippen LogP contribution >= 0.6 is 11.3 Å². The van der Waals surface area contributed by atoms with Gasteiger partial charge in [-0.1, -0.05) is 437 Å². The number of rotatable bonds is 22. The van der Waals surface area contributed by atoms with Crippen LogP contribution in [-0.4, -0.2) is 0 Å². The lowest BCUT2D eigenvalue weighted by Crippen LogP contribution is -2.14. The standard InChI is InChI=1S/C70H48N2O.C70H48N2S/c2*1-4-16-49(17-5-1)52-30-38-58(39-31-52)71(59-40-32-53(33-41-59)50-18-6-2-7-19-50)62-46-57(65-26-14-23-55-22-10-11-24-64(55)65)47-63(48-62)72(60-42-34-54(35-43-60)51-20-8-3-9-21-51)61-44-36-56(37-45-61)66-27-15-28-68-67-25-12-13-29-69(67)73-70(66)68/h2*1-48H. The highest BCUT2D eigenvalue weighted by molar-refractivity contribution is 7.26. The number of para-hydroxylation sites is 2. The van der Waals surface area contributed by atoms with Gasteiger partial charge in [0, 0.05) is 105 Å². The Bertz CT molecular complexity index is 8430. The Morgan fingerprint density at radius 2 is 0.370 bits per heavy atom. The maximum Gasteiger partial charge on any atom is 0.143 e. The average molecular weight is 1880 g/mol. The third-order valence-electron chi connectivity index (χ3n) is 28.1. The third kappa shape index (κ3) is 17.8. The lowest BCUT2D eigenvalue weighted by molar-refractivity contribution is 0.670. The molecule has 6 heteroatoms. The van der Waals surface area contributed by atoms with Crippen molar-refractivity contribution in [1.29, 1.82) is 0 Å². The topological polar surface area (TPSA) is 26.1 Å². The van der Waals surface area contributed by atoms with Gasteiger partial charge in [-0.3, -0.25) is 0 Å². The SMILES string of the molecule is c1ccc(-c2ccc(N(c3ccc(-c4ccccc4)cc3)c3cc(-c4cccc5ccccc45)cc(N(c4ccc(-c5ccccc5)cc4)c4ccc(-c5cccc6c5oc5ccccc56)cc4)c3)cc2)cc1.c1ccc(-c2ccc(N(c3ccc(-c4ccccc4)cc3)c3cc(-c4cccc5ccccc45)cc(N(c4ccc(-c5ccccc5)cc4)c4ccc(-c5cccc6c5sc5ccccc56)cc4)c3)cc2)cc1. The molecule has 26 aromatic rings. The predicted octanol–water partition coefficient (Wildman–Crippen LogP) is 40.5. The fourth-order valence-corrected chi connectivity index (χ4v) is 22.1. The third-order valence-corrected chi connectivity index (χ3v) is 29.3. The van der Waals surface area contributed by atoms with E-state index in [9.17, 15) is 0 Å². The number of hydrogen-bond acceptors (Lipinski definition) is 6. The summed E-state index contributed by atoms with van der Waals surface area (Å²) < 4.78 is 9.16. The molecule has 0 spiro atoms. The molecular weight excluding hydrogens is 1790 g/mol. The monoisotopic (exact) mass is 1880 g/mol. The van der Waals surface area contributed by atoms with Crippen molar-refractivity contribution in [3.8, 4) is 111 Å². The fraction of sp³-hybridized carbons (Fsp3) is 0. The Labute approximate surface area is 854 Å². The van der Waals surface area contributed by atoms with Crippen LogP contribution in [0.3, 0.4) is 0 Å². The molecule has 146 heavy (non-hydrogen) atoms. The molecule has 0 saturated heterocycles. The molecule has 0 bridgehead atoms. The molecule has 24 aromatic carbocycles. The molecule has 26 rings (SSSR count). The van der Waals surface area contributed by atoms with E-state index in [1.807, 2.05) is 23.5 Å². The molecule has 5 nitrogen and oxygen atoms in total. The highest BCUT2D eigenvalue weighted by Crippen LogP contribution is 2.51. The van der Waals surface area contributed by atoms with Crippen LogP contribution in [0.5, 0.6) is 0 Å². The second-order valence-corrected chi connectivity index (χ2v) is 38.1. The summed E-state index contributed by atoms with van der Waals surface area (Å²) in [7, 11) is 0. The van der Waals surface area contributed by atoms with Crippen LogP contribution in [0.15, 0.2) is 587 Å². The van der Waals surface area contributed by atoms with E-state index in [2.05, 4.69) is 590 Å². The van der Waals surface area contributed by atoms with Gasteiger partial charge >= 0.3 is 0 Å². The van der Waals surface area contributed by atoms with Gasteiger partial charge in [-0.05, 0) is 273 Å². The van der Waals surface area contributed by atoms with E-state index in [1.54, 1.807) is 0 Å². The first kappa shape index (κ1) is 88.4. The van der Waals surface area contributed by atoms with Gasteiger partial charge in [-0.2, -0.15) is 0 Å². The summed E-state index contributed by atoms with van der Waals surface area (Å²) in [6.45, 7) is 0. The van der Waals surface area contributed by atoms with Crippen molar-refractivity contribution in [1.82, 2.24) is 0 Å². The van der Waals surface area contributed by atoms with Crippen molar-refractivity contribution < 1.29 is 4.42 Å². The zero-order chi connectivity index (χ0) is 97.0. The fourth-order valence-electron chi connectivity index (χ4n) is 20.9. The molecule has 0 atom stereocenters. The number of nitrogens with zero attached hydrogens (tertiary/aromatic N) is 4. The lowest BCUT2D eigenvalue weighted by Gasteiger charge is -2.31. The summed E-state index contributed by atoms with van der Waals surface area (Å²) in [5.74, 6) is 0. The van der Waals surface area contributed by atoms with E-state index in [1.165, 1.54) is 120 Å². The minimum atomic E-state index is 0.891. The van der Waals surface area contributed by atoms with Crippen LogP contribution < -0.4 is 19.6 Å². The maximum atomic E-state index is 6.54. The molecule has 0 saturated carbocycles. The molecule has 2 aromatic heterocycles. The van der Waals surface area contributed by atoms with Crippen LogP contribution in [0.4, 0.5) is 68.2 Å². The van der Waals surface area contributed by atoms with Gasteiger partial charge in [0.15, 0.2) is 0 Å². The summed E-state index contributed by atoms with van der Waals surface area (Å²) in [6.07, 6.45) is 0. The summed E-state index contributed by atoms with van der Waals surface area (Å²) in [5, 5.41) is 9.64. The number of anilines is 12. The second kappa shape index (κ2) is 39.6. The molecule has 0 amide bonds. The molecule has 0 radical (unpaired) electrons. The molecule has 0 aliphatic carbocycles. The van der Waals surface area contributed by atoms with E-state index < -0.39 is 0 Å². The number of fused-ring (bicyclic) bond motifs is 8. The van der Waals surface area contributed by atoms with E-state index >= 15 is 0 Å². The molecule has 2 heterocycles. The van der Waals surface area contributed by atoms with Crippen molar-refractivity contribution in [3.05, 3.63) is 582 Å². The van der Waals surface area contributed by atoms with E-state index in [0.29, 0.717) is 0 Å². The Morgan fingerprint density at radius 1 is 0.137 bits per heavy atom. The summed E-state index contributed by atoms with van der Waals surface area (Å²) in [5.41, 5.74) is 37.6. The largest absolute Gasteiger partial charge is 0.455 e. The van der Waals surface area contributed by atoms with Gasteiger partial charge < -0.3 is 24.0 Å². The smallest absolute Gasteiger partial charge is 0.143 e. The van der Waals surface area contributed by atoms with E-state index in [4.69, 9.17) is 4.42 Å². The minimum Gasteiger partial charge on any atom is -0.455 e.